The molecule has 1 atom stereocenters. The van der Waals surface area contributed by atoms with Gasteiger partial charge in [-0.05, 0) is 24.8 Å². The number of carbonyl (C=O) groups excluding carboxylic acids is 1. The van der Waals surface area contributed by atoms with Gasteiger partial charge in [0.2, 0.25) is 0 Å². The zero-order chi connectivity index (χ0) is 12.5. The van der Waals surface area contributed by atoms with E-state index in [9.17, 15) is 4.79 Å². The molecule has 0 radical (unpaired) electrons. The molecule has 0 aliphatic heterocycles. The smallest absolute Gasteiger partial charge is 0.256 e. The third-order valence-corrected chi connectivity index (χ3v) is 3.25. The van der Waals surface area contributed by atoms with E-state index in [2.05, 4.69) is 15.4 Å². The summed E-state index contributed by atoms with van der Waals surface area (Å²) in [5.74, 6) is 0.409. The van der Waals surface area contributed by atoms with Crippen LogP contribution in [0.25, 0.3) is 5.65 Å². The molecule has 1 amide bonds. The van der Waals surface area contributed by atoms with Crippen LogP contribution >= 0.6 is 24.8 Å². The predicted molar refractivity (Wildman–Crippen MR) is 80.5 cm³/mol. The van der Waals surface area contributed by atoms with Crippen molar-refractivity contribution in [3.05, 3.63) is 30.2 Å². The van der Waals surface area contributed by atoms with Gasteiger partial charge in [0.15, 0.2) is 5.65 Å². The minimum Gasteiger partial charge on any atom is -0.350 e. The first-order chi connectivity index (χ1) is 8.75. The Hall–Kier alpha value is -1.37. The number of amides is 1. The predicted octanol–water partition coefficient (Wildman–Crippen LogP) is 1.04. The van der Waals surface area contributed by atoms with Gasteiger partial charge in [-0.25, -0.2) is 9.50 Å². The first kappa shape index (κ1) is 16.7. The van der Waals surface area contributed by atoms with Crippen LogP contribution in [0.15, 0.2) is 24.7 Å². The molecule has 1 unspecified atom stereocenters. The van der Waals surface area contributed by atoms with Crippen molar-refractivity contribution < 1.29 is 4.79 Å². The first-order valence-corrected chi connectivity index (χ1v) is 6.08. The average Bonchev–Trinajstić information content (AvgIpc) is 3.15. The van der Waals surface area contributed by atoms with Crippen molar-refractivity contribution in [3.8, 4) is 0 Å². The van der Waals surface area contributed by atoms with Crippen molar-refractivity contribution in [2.24, 2.45) is 11.7 Å². The van der Waals surface area contributed by atoms with Crippen LogP contribution in [0.1, 0.15) is 23.2 Å². The largest absolute Gasteiger partial charge is 0.350 e. The number of nitrogens with two attached hydrogens (primary N) is 1. The first-order valence-electron chi connectivity index (χ1n) is 6.08. The van der Waals surface area contributed by atoms with Crippen LogP contribution < -0.4 is 11.1 Å². The van der Waals surface area contributed by atoms with E-state index in [-0.39, 0.29) is 36.8 Å². The Bertz CT molecular complexity index is 584. The standard InChI is InChI=1S/C12H15N5O.2ClH/c13-10(8-2-3-8)7-15-12(18)9-6-16-17-5-1-4-14-11(9)17;;/h1,4-6,8,10H,2-3,7,13H2,(H,15,18);2*1H. The second kappa shape index (κ2) is 6.88. The maximum Gasteiger partial charge on any atom is 0.256 e. The Morgan fingerprint density at radius 2 is 2.25 bits per heavy atom. The van der Waals surface area contributed by atoms with Gasteiger partial charge in [-0.3, -0.25) is 4.79 Å². The molecule has 1 fully saturated rings. The summed E-state index contributed by atoms with van der Waals surface area (Å²) in [6.45, 7) is 0.508. The summed E-state index contributed by atoms with van der Waals surface area (Å²) in [4.78, 5) is 16.2. The van der Waals surface area contributed by atoms with Gasteiger partial charge < -0.3 is 11.1 Å². The lowest BCUT2D eigenvalue weighted by Gasteiger charge is -2.10. The summed E-state index contributed by atoms with van der Waals surface area (Å²) < 4.78 is 1.58. The lowest BCUT2D eigenvalue weighted by Crippen LogP contribution is -2.38. The lowest BCUT2D eigenvalue weighted by atomic mass is 10.2. The van der Waals surface area contributed by atoms with E-state index in [0.29, 0.717) is 23.7 Å². The van der Waals surface area contributed by atoms with Crippen LogP contribution in [0, 0.1) is 5.92 Å². The summed E-state index contributed by atoms with van der Waals surface area (Å²) in [5, 5.41) is 6.92. The van der Waals surface area contributed by atoms with Crippen molar-refractivity contribution in [1.29, 1.82) is 0 Å². The van der Waals surface area contributed by atoms with Crippen LogP contribution in [0.2, 0.25) is 0 Å². The highest BCUT2D eigenvalue weighted by Crippen LogP contribution is 2.31. The SMILES string of the molecule is Cl.Cl.NC(CNC(=O)c1cnn2cccnc12)C1CC1. The second-order valence-electron chi connectivity index (χ2n) is 4.66. The molecule has 3 rings (SSSR count). The molecular weight excluding hydrogens is 301 g/mol. The Labute approximate surface area is 128 Å². The number of halogens is 2. The number of nitrogens with zero attached hydrogens (tertiary/aromatic N) is 3. The summed E-state index contributed by atoms with van der Waals surface area (Å²) in [6, 6.07) is 1.83. The van der Waals surface area contributed by atoms with E-state index < -0.39 is 0 Å². The number of aromatic nitrogens is 3. The molecule has 20 heavy (non-hydrogen) atoms. The zero-order valence-electron chi connectivity index (χ0n) is 10.7. The molecule has 1 aliphatic carbocycles. The van der Waals surface area contributed by atoms with Crippen LogP contribution in [0.3, 0.4) is 0 Å². The molecule has 2 aromatic heterocycles. The van der Waals surface area contributed by atoms with Gasteiger partial charge in [0.05, 0.1) is 6.20 Å². The molecule has 0 aromatic carbocycles. The molecule has 0 saturated heterocycles. The number of carbonyl (C=O) groups is 1. The van der Waals surface area contributed by atoms with Gasteiger partial charge in [-0.15, -0.1) is 24.8 Å². The van der Waals surface area contributed by atoms with Gasteiger partial charge in [0.25, 0.3) is 5.91 Å². The Morgan fingerprint density at radius 1 is 1.50 bits per heavy atom. The van der Waals surface area contributed by atoms with Crippen molar-refractivity contribution in [2.45, 2.75) is 18.9 Å². The fourth-order valence-electron chi connectivity index (χ4n) is 1.98. The Balaban J connectivity index is 0.000001000. The molecule has 2 heterocycles. The summed E-state index contributed by atoms with van der Waals surface area (Å²) in [7, 11) is 0. The van der Waals surface area contributed by atoms with E-state index in [1.54, 1.807) is 23.0 Å². The monoisotopic (exact) mass is 317 g/mol. The number of nitrogens with one attached hydrogen (secondary N) is 1. The lowest BCUT2D eigenvalue weighted by molar-refractivity contribution is 0.0951. The van der Waals surface area contributed by atoms with Gasteiger partial charge in [-0.1, -0.05) is 0 Å². The Morgan fingerprint density at radius 3 is 2.95 bits per heavy atom. The molecular formula is C12H17Cl2N5O. The molecule has 0 bridgehead atoms. The number of rotatable bonds is 4. The highest BCUT2D eigenvalue weighted by atomic mass is 35.5. The van der Waals surface area contributed by atoms with Gasteiger partial charge >= 0.3 is 0 Å². The third-order valence-electron chi connectivity index (χ3n) is 3.25. The maximum atomic E-state index is 12.0. The summed E-state index contributed by atoms with van der Waals surface area (Å²) in [6.07, 6.45) is 7.28. The van der Waals surface area contributed by atoms with Crippen LogP contribution in [0.5, 0.6) is 0 Å². The summed E-state index contributed by atoms with van der Waals surface area (Å²) >= 11 is 0. The topological polar surface area (TPSA) is 85.3 Å². The second-order valence-corrected chi connectivity index (χ2v) is 4.66. The van der Waals surface area contributed by atoms with E-state index in [0.717, 1.165) is 0 Å². The average molecular weight is 318 g/mol. The minimum atomic E-state index is -0.167. The number of hydrogen-bond acceptors (Lipinski definition) is 4. The van der Waals surface area contributed by atoms with Gasteiger partial charge in [0.1, 0.15) is 5.56 Å². The summed E-state index contributed by atoms with van der Waals surface area (Å²) in [5.41, 5.74) is 6.99. The molecule has 8 heteroatoms. The Kier molecular flexibility index (Phi) is 5.74. The normalized spacial score (nSPS) is 15.1. The molecule has 0 spiro atoms. The molecule has 1 aliphatic rings. The van der Waals surface area contributed by atoms with Crippen molar-refractivity contribution in [2.75, 3.05) is 6.54 Å². The van der Waals surface area contributed by atoms with Gasteiger partial charge in [-0.2, -0.15) is 5.10 Å². The van der Waals surface area contributed by atoms with Crippen molar-refractivity contribution in [3.63, 3.8) is 0 Å². The van der Waals surface area contributed by atoms with E-state index >= 15 is 0 Å². The molecule has 1 saturated carbocycles. The van der Waals surface area contributed by atoms with Crippen molar-refractivity contribution in [1.82, 2.24) is 19.9 Å². The number of hydrogen-bond donors (Lipinski definition) is 2. The van der Waals surface area contributed by atoms with Crippen molar-refractivity contribution >= 4 is 36.4 Å². The quantitative estimate of drug-likeness (QED) is 0.882. The van der Waals surface area contributed by atoms with E-state index in [4.69, 9.17) is 5.73 Å². The molecule has 110 valence electrons. The van der Waals surface area contributed by atoms with Crippen LogP contribution in [-0.4, -0.2) is 33.1 Å². The third kappa shape index (κ3) is 3.39. The zero-order valence-corrected chi connectivity index (χ0v) is 12.4. The maximum absolute atomic E-state index is 12.0. The minimum absolute atomic E-state index is 0. The van der Waals surface area contributed by atoms with E-state index in [1.165, 1.54) is 19.0 Å². The van der Waals surface area contributed by atoms with E-state index in [1.807, 2.05) is 0 Å². The fourth-order valence-corrected chi connectivity index (χ4v) is 1.98. The highest BCUT2D eigenvalue weighted by molar-refractivity contribution is 5.99. The fraction of sp³-hybridized carbons (Fsp3) is 0.417. The molecule has 6 nitrogen and oxygen atoms in total. The van der Waals surface area contributed by atoms with Crippen LogP contribution in [-0.2, 0) is 0 Å². The number of fused-ring (bicyclic) bond motifs is 1. The molecule has 3 N–H and O–H groups in total. The van der Waals surface area contributed by atoms with Crippen LogP contribution in [0.4, 0.5) is 0 Å². The molecule has 2 aromatic rings. The highest BCUT2D eigenvalue weighted by Gasteiger charge is 2.28. The van der Waals surface area contributed by atoms with Gasteiger partial charge in [0, 0.05) is 25.0 Å².